The third-order valence-electron chi connectivity index (χ3n) is 2.17. The highest BCUT2D eigenvalue weighted by Gasteiger charge is 2.10. The summed E-state index contributed by atoms with van der Waals surface area (Å²) in [6.45, 7) is 2.14. The number of unbranched alkanes of at least 4 members (excludes halogenated alkanes) is 3. The zero-order valence-electron chi connectivity index (χ0n) is 8.39. The number of nitrogens with zero attached hydrogens (tertiary/aromatic N) is 1. The molecule has 1 rings (SSSR count). The predicted octanol–water partition coefficient (Wildman–Crippen LogP) is 3.47. The Labute approximate surface area is 82.7 Å². The van der Waals surface area contributed by atoms with Gasteiger partial charge in [-0.05, 0) is 18.9 Å². The molecule has 0 radical (unpaired) electrons. The lowest BCUT2D eigenvalue weighted by Gasteiger charge is -1.96. The topological polar surface area (TPSA) is 28.7 Å². The molecule has 2 nitrogen and oxygen atoms in total. The molecule has 0 amide bonds. The molecule has 0 unspecified atom stereocenters. The van der Waals surface area contributed by atoms with Crippen LogP contribution in [-0.2, 0) is 6.42 Å². The molecule has 0 aromatic carbocycles. The Kier molecular flexibility index (Phi) is 4.56. The van der Waals surface area contributed by atoms with Gasteiger partial charge in [-0.25, -0.2) is 8.78 Å². The Hall–Kier alpha value is -0.930. The van der Waals surface area contributed by atoms with Crippen molar-refractivity contribution < 1.29 is 8.78 Å². The molecule has 0 spiro atoms. The molecule has 0 saturated carbocycles. The van der Waals surface area contributed by atoms with Crippen molar-refractivity contribution in [3.63, 3.8) is 0 Å². The van der Waals surface area contributed by atoms with E-state index in [1.165, 1.54) is 18.9 Å². The molecule has 0 aliphatic rings. The van der Waals surface area contributed by atoms with Crippen molar-refractivity contribution in [1.82, 2.24) is 10.2 Å². The minimum atomic E-state index is -2.46. The summed E-state index contributed by atoms with van der Waals surface area (Å²) < 4.78 is 24.3. The summed E-state index contributed by atoms with van der Waals surface area (Å²) in [6, 6.07) is 1.45. The number of aryl methyl sites for hydroxylation is 1. The summed E-state index contributed by atoms with van der Waals surface area (Å²) in [5.41, 5.74) is 0.673. The van der Waals surface area contributed by atoms with Gasteiger partial charge in [0.25, 0.3) is 6.43 Å². The zero-order valence-corrected chi connectivity index (χ0v) is 8.39. The lowest BCUT2D eigenvalue weighted by atomic mass is 10.1. The second-order valence-electron chi connectivity index (χ2n) is 3.43. The molecular weight excluding hydrogens is 186 g/mol. The molecule has 1 N–H and O–H groups in total. The van der Waals surface area contributed by atoms with Crippen LogP contribution in [0.4, 0.5) is 8.78 Å². The van der Waals surface area contributed by atoms with Crippen LogP contribution in [0.3, 0.4) is 0 Å². The van der Waals surface area contributed by atoms with Gasteiger partial charge in [0.05, 0.1) is 0 Å². The Morgan fingerprint density at radius 3 is 2.71 bits per heavy atom. The van der Waals surface area contributed by atoms with E-state index in [0.29, 0.717) is 0 Å². The number of halogens is 2. The summed E-state index contributed by atoms with van der Waals surface area (Å²) in [6.07, 6.45) is 2.94. The van der Waals surface area contributed by atoms with E-state index in [0.717, 1.165) is 25.0 Å². The van der Waals surface area contributed by atoms with E-state index in [1.807, 2.05) is 0 Å². The minimum absolute atomic E-state index is 0.143. The van der Waals surface area contributed by atoms with Gasteiger partial charge in [-0.2, -0.15) is 5.10 Å². The first kappa shape index (κ1) is 11.1. The molecule has 0 bridgehead atoms. The van der Waals surface area contributed by atoms with Gasteiger partial charge in [0, 0.05) is 5.69 Å². The Morgan fingerprint density at radius 2 is 2.14 bits per heavy atom. The normalized spacial score (nSPS) is 11.1. The molecular formula is C10H16F2N2. The van der Waals surface area contributed by atoms with Crippen molar-refractivity contribution in [2.24, 2.45) is 0 Å². The lowest BCUT2D eigenvalue weighted by Crippen LogP contribution is -1.85. The molecule has 1 aromatic rings. The molecule has 1 heterocycles. The summed E-state index contributed by atoms with van der Waals surface area (Å²) in [7, 11) is 0. The van der Waals surface area contributed by atoms with Crippen LogP contribution < -0.4 is 0 Å². The first-order valence-corrected chi connectivity index (χ1v) is 5.06. The standard InChI is InChI=1S/C10H16F2N2/c1-2-3-4-5-6-8-7-9(10(11)12)14-13-8/h7,10H,2-6H2,1H3,(H,13,14). The van der Waals surface area contributed by atoms with Gasteiger partial charge in [0.2, 0.25) is 0 Å². The number of alkyl halides is 2. The number of hydrogen-bond donors (Lipinski definition) is 1. The van der Waals surface area contributed by atoms with Gasteiger partial charge in [0.15, 0.2) is 0 Å². The number of rotatable bonds is 6. The fraction of sp³-hybridized carbons (Fsp3) is 0.700. The van der Waals surface area contributed by atoms with Crippen molar-refractivity contribution in [1.29, 1.82) is 0 Å². The maximum Gasteiger partial charge on any atom is 0.282 e. The van der Waals surface area contributed by atoms with E-state index in [9.17, 15) is 8.78 Å². The van der Waals surface area contributed by atoms with E-state index in [2.05, 4.69) is 17.1 Å². The number of hydrogen-bond acceptors (Lipinski definition) is 1. The average Bonchev–Trinajstić information content (AvgIpc) is 2.61. The Balaban J connectivity index is 2.29. The molecule has 0 aliphatic carbocycles. The van der Waals surface area contributed by atoms with Crippen LogP contribution in [0.1, 0.15) is 50.4 Å². The van der Waals surface area contributed by atoms with Crippen LogP contribution >= 0.6 is 0 Å². The summed E-state index contributed by atoms with van der Waals surface area (Å²) in [5, 5.41) is 6.17. The maximum atomic E-state index is 12.1. The fourth-order valence-corrected chi connectivity index (χ4v) is 1.36. The van der Waals surface area contributed by atoms with Gasteiger partial charge >= 0.3 is 0 Å². The largest absolute Gasteiger partial charge is 0.282 e. The van der Waals surface area contributed by atoms with Crippen LogP contribution in [0.25, 0.3) is 0 Å². The second kappa shape index (κ2) is 5.73. The van der Waals surface area contributed by atoms with Crippen molar-refractivity contribution in [2.45, 2.75) is 45.5 Å². The summed E-state index contributed by atoms with van der Waals surface area (Å²) >= 11 is 0. The summed E-state index contributed by atoms with van der Waals surface area (Å²) in [5.74, 6) is 0. The molecule has 0 saturated heterocycles. The third kappa shape index (κ3) is 3.44. The second-order valence-corrected chi connectivity index (χ2v) is 3.43. The highest BCUT2D eigenvalue weighted by molar-refractivity contribution is 5.09. The fourth-order valence-electron chi connectivity index (χ4n) is 1.36. The highest BCUT2D eigenvalue weighted by Crippen LogP contribution is 2.17. The SMILES string of the molecule is CCCCCCc1cc(C(F)F)n[nH]1. The Morgan fingerprint density at radius 1 is 1.36 bits per heavy atom. The van der Waals surface area contributed by atoms with Crippen LogP contribution in [-0.4, -0.2) is 10.2 Å². The molecule has 80 valence electrons. The lowest BCUT2D eigenvalue weighted by molar-refractivity contribution is 0.146. The van der Waals surface area contributed by atoms with E-state index in [-0.39, 0.29) is 5.69 Å². The quantitative estimate of drug-likeness (QED) is 0.703. The number of nitrogens with one attached hydrogen (secondary N) is 1. The zero-order chi connectivity index (χ0) is 10.4. The molecule has 0 aliphatic heterocycles. The van der Waals surface area contributed by atoms with Crippen LogP contribution in [0.2, 0.25) is 0 Å². The molecule has 14 heavy (non-hydrogen) atoms. The van der Waals surface area contributed by atoms with Crippen LogP contribution in [0.5, 0.6) is 0 Å². The molecule has 0 atom stereocenters. The molecule has 4 heteroatoms. The summed E-state index contributed by atoms with van der Waals surface area (Å²) in [4.78, 5) is 0. The van der Waals surface area contributed by atoms with Crippen molar-refractivity contribution in [2.75, 3.05) is 0 Å². The minimum Gasteiger partial charge on any atom is -0.282 e. The highest BCUT2D eigenvalue weighted by atomic mass is 19.3. The van der Waals surface area contributed by atoms with Crippen LogP contribution in [0.15, 0.2) is 6.07 Å². The number of aromatic amines is 1. The van der Waals surface area contributed by atoms with E-state index < -0.39 is 6.43 Å². The average molecular weight is 202 g/mol. The van der Waals surface area contributed by atoms with Crippen molar-refractivity contribution in [3.05, 3.63) is 17.5 Å². The predicted molar refractivity (Wildman–Crippen MR) is 51.4 cm³/mol. The van der Waals surface area contributed by atoms with Gasteiger partial charge in [0.1, 0.15) is 5.69 Å². The smallest absolute Gasteiger partial charge is 0.282 e. The van der Waals surface area contributed by atoms with E-state index >= 15 is 0 Å². The van der Waals surface area contributed by atoms with Crippen LogP contribution in [0, 0.1) is 0 Å². The van der Waals surface area contributed by atoms with Crippen molar-refractivity contribution >= 4 is 0 Å². The van der Waals surface area contributed by atoms with Gasteiger partial charge in [-0.3, -0.25) is 5.10 Å². The van der Waals surface area contributed by atoms with Gasteiger partial charge < -0.3 is 0 Å². The molecule has 0 fully saturated rings. The first-order chi connectivity index (χ1) is 6.74. The van der Waals surface area contributed by atoms with E-state index in [4.69, 9.17) is 0 Å². The van der Waals surface area contributed by atoms with Gasteiger partial charge in [-0.1, -0.05) is 26.2 Å². The first-order valence-electron chi connectivity index (χ1n) is 5.06. The number of aromatic nitrogens is 2. The van der Waals surface area contributed by atoms with Gasteiger partial charge in [-0.15, -0.1) is 0 Å². The molecule has 1 aromatic heterocycles. The Bertz CT molecular complexity index is 258. The maximum absolute atomic E-state index is 12.1. The third-order valence-corrected chi connectivity index (χ3v) is 2.17. The monoisotopic (exact) mass is 202 g/mol. The number of H-pyrrole nitrogens is 1. The van der Waals surface area contributed by atoms with Crippen molar-refractivity contribution in [3.8, 4) is 0 Å². The van der Waals surface area contributed by atoms with E-state index in [1.54, 1.807) is 0 Å².